The molecule has 1 N–H and O–H groups in total. The molecule has 1 aliphatic heterocycles. The van der Waals surface area contributed by atoms with Crippen molar-refractivity contribution in [3.05, 3.63) is 60.2 Å². The number of hydrogen-bond donors (Lipinski definition) is 1. The number of hydrogen-bond acceptors (Lipinski definition) is 3. The summed E-state index contributed by atoms with van der Waals surface area (Å²) in [5, 5.41) is 3.10. The fourth-order valence-electron chi connectivity index (χ4n) is 4.45. The second-order valence-corrected chi connectivity index (χ2v) is 10.2. The Kier molecular flexibility index (Phi) is 8.48. The minimum absolute atomic E-state index is 0.200. The van der Waals surface area contributed by atoms with Gasteiger partial charge >= 0.3 is 0 Å². The SMILES string of the molecule is O=C(Nc1cccc(C2CCN(CCCCCCSc3ccccc3)CC2)c1)C1CC1. The Bertz CT molecular complexity index is 813. The number of carbonyl (C=O) groups is 1. The molecule has 1 amide bonds. The Labute approximate surface area is 192 Å². The lowest BCUT2D eigenvalue weighted by atomic mass is 9.89. The molecule has 0 unspecified atom stereocenters. The molecule has 1 heterocycles. The van der Waals surface area contributed by atoms with Crippen molar-refractivity contribution in [3.63, 3.8) is 0 Å². The molecule has 0 atom stereocenters. The van der Waals surface area contributed by atoms with Crippen molar-refractivity contribution in [2.45, 2.75) is 62.2 Å². The van der Waals surface area contributed by atoms with E-state index in [1.54, 1.807) is 0 Å². The van der Waals surface area contributed by atoms with Crippen LogP contribution in [0.1, 0.15) is 62.8 Å². The number of carbonyl (C=O) groups excluding carboxylic acids is 1. The molecule has 0 bridgehead atoms. The lowest BCUT2D eigenvalue weighted by molar-refractivity contribution is -0.117. The number of nitrogens with zero attached hydrogens (tertiary/aromatic N) is 1. The number of likely N-dealkylation sites (tertiary alicyclic amines) is 1. The van der Waals surface area contributed by atoms with E-state index in [4.69, 9.17) is 0 Å². The van der Waals surface area contributed by atoms with Gasteiger partial charge in [0.25, 0.3) is 0 Å². The lowest BCUT2D eigenvalue weighted by Crippen LogP contribution is -2.33. The van der Waals surface area contributed by atoms with Crippen molar-refractivity contribution >= 4 is 23.4 Å². The van der Waals surface area contributed by atoms with Crippen molar-refractivity contribution in [1.82, 2.24) is 4.90 Å². The summed E-state index contributed by atoms with van der Waals surface area (Å²) in [4.78, 5) is 16.1. The molecule has 1 saturated heterocycles. The summed E-state index contributed by atoms with van der Waals surface area (Å²) in [6.45, 7) is 3.65. The molecule has 2 aromatic rings. The van der Waals surface area contributed by atoms with Crippen molar-refractivity contribution in [2.75, 3.05) is 30.7 Å². The van der Waals surface area contributed by atoms with Gasteiger partial charge in [-0.1, -0.05) is 43.2 Å². The molecule has 4 heteroatoms. The average Bonchev–Trinajstić information content (AvgIpc) is 3.65. The maximum absolute atomic E-state index is 12.0. The van der Waals surface area contributed by atoms with E-state index in [1.165, 1.54) is 74.4 Å². The van der Waals surface area contributed by atoms with Crippen LogP contribution in [0.3, 0.4) is 0 Å². The summed E-state index contributed by atoms with van der Waals surface area (Å²) in [6.07, 6.45) is 9.89. The van der Waals surface area contributed by atoms with Gasteiger partial charge in [0.1, 0.15) is 0 Å². The largest absolute Gasteiger partial charge is 0.326 e. The summed E-state index contributed by atoms with van der Waals surface area (Å²) >= 11 is 1.98. The molecular formula is C27H36N2OS. The average molecular weight is 437 g/mol. The van der Waals surface area contributed by atoms with E-state index in [1.807, 2.05) is 17.8 Å². The quantitative estimate of drug-likeness (QED) is 0.319. The van der Waals surface area contributed by atoms with Gasteiger partial charge in [-0.15, -0.1) is 11.8 Å². The first-order valence-corrected chi connectivity index (χ1v) is 13.1. The highest BCUT2D eigenvalue weighted by Gasteiger charge is 2.29. The van der Waals surface area contributed by atoms with E-state index >= 15 is 0 Å². The maximum atomic E-state index is 12.0. The van der Waals surface area contributed by atoms with Crippen LogP contribution in [0.15, 0.2) is 59.5 Å². The molecule has 1 aliphatic carbocycles. The van der Waals surface area contributed by atoms with Gasteiger partial charge in [-0.05, 0) is 99.7 Å². The van der Waals surface area contributed by atoms with Gasteiger partial charge in [-0.2, -0.15) is 0 Å². The molecule has 1 saturated carbocycles. The molecule has 3 nitrogen and oxygen atoms in total. The Balaban J connectivity index is 1.08. The summed E-state index contributed by atoms with van der Waals surface area (Å²) < 4.78 is 0. The van der Waals surface area contributed by atoms with Crippen LogP contribution in [0.2, 0.25) is 0 Å². The van der Waals surface area contributed by atoms with Crippen molar-refractivity contribution in [2.24, 2.45) is 5.92 Å². The highest BCUT2D eigenvalue weighted by molar-refractivity contribution is 7.99. The maximum Gasteiger partial charge on any atom is 0.227 e. The normalized spacial score (nSPS) is 17.5. The van der Waals surface area contributed by atoms with Gasteiger partial charge in [-0.3, -0.25) is 4.79 Å². The zero-order valence-electron chi connectivity index (χ0n) is 18.6. The van der Waals surface area contributed by atoms with E-state index < -0.39 is 0 Å². The standard InChI is InChI=1S/C27H36N2OS/c30-27(23-13-14-23)28-25-10-8-9-24(21-25)22-15-18-29(19-16-22)17-6-1-2-7-20-31-26-11-4-3-5-12-26/h3-5,8-12,21-23H,1-2,6-7,13-20H2,(H,28,30). The summed E-state index contributed by atoms with van der Waals surface area (Å²) in [6, 6.07) is 19.3. The number of benzene rings is 2. The van der Waals surface area contributed by atoms with Gasteiger partial charge < -0.3 is 10.2 Å². The molecule has 166 valence electrons. The first-order valence-electron chi connectivity index (χ1n) is 12.1. The van der Waals surface area contributed by atoms with Crippen LogP contribution in [0.4, 0.5) is 5.69 Å². The molecular weight excluding hydrogens is 400 g/mol. The monoisotopic (exact) mass is 436 g/mol. The van der Waals surface area contributed by atoms with Crippen LogP contribution >= 0.6 is 11.8 Å². The number of unbranched alkanes of at least 4 members (excludes halogenated alkanes) is 3. The van der Waals surface area contributed by atoms with E-state index in [0.717, 1.165) is 18.5 Å². The van der Waals surface area contributed by atoms with E-state index in [2.05, 4.69) is 58.7 Å². The fourth-order valence-corrected chi connectivity index (χ4v) is 5.38. The van der Waals surface area contributed by atoms with Crippen LogP contribution in [0.5, 0.6) is 0 Å². The molecule has 0 radical (unpaired) electrons. The zero-order valence-corrected chi connectivity index (χ0v) is 19.4. The molecule has 2 aliphatic rings. The van der Waals surface area contributed by atoms with Gasteiger partial charge in [0.2, 0.25) is 5.91 Å². The molecule has 31 heavy (non-hydrogen) atoms. The van der Waals surface area contributed by atoms with Crippen molar-refractivity contribution in [1.29, 1.82) is 0 Å². The minimum atomic E-state index is 0.200. The molecule has 2 aromatic carbocycles. The molecule has 0 spiro atoms. The van der Waals surface area contributed by atoms with Crippen LogP contribution in [-0.2, 0) is 4.79 Å². The van der Waals surface area contributed by atoms with Crippen LogP contribution in [0, 0.1) is 5.92 Å². The van der Waals surface area contributed by atoms with Gasteiger partial charge in [0.05, 0.1) is 0 Å². The third kappa shape index (κ3) is 7.40. The number of piperidine rings is 1. The summed E-state index contributed by atoms with van der Waals surface area (Å²) in [7, 11) is 0. The highest BCUT2D eigenvalue weighted by Crippen LogP contribution is 2.32. The van der Waals surface area contributed by atoms with Crippen molar-refractivity contribution < 1.29 is 4.79 Å². The predicted octanol–water partition coefficient (Wildman–Crippen LogP) is 6.57. The first kappa shape index (κ1) is 22.4. The number of anilines is 1. The summed E-state index contributed by atoms with van der Waals surface area (Å²) in [5.74, 6) is 2.32. The van der Waals surface area contributed by atoms with Crippen molar-refractivity contribution in [3.8, 4) is 0 Å². The second kappa shape index (κ2) is 11.7. The van der Waals surface area contributed by atoms with E-state index in [0.29, 0.717) is 5.92 Å². The predicted molar refractivity (Wildman–Crippen MR) is 132 cm³/mol. The number of rotatable bonds is 11. The minimum Gasteiger partial charge on any atom is -0.326 e. The molecule has 4 rings (SSSR count). The van der Waals surface area contributed by atoms with Gasteiger partial charge in [-0.25, -0.2) is 0 Å². The second-order valence-electron chi connectivity index (χ2n) is 9.08. The Hall–Kier alpha value is -1.78. The molecule has 2 fully saturated rings. The van der Waals surface area contributed by atoms with Crippen LogP contribution in [-0.4, -0.2) is 36.2 Å². The van der Waals surface area contributed by atoms with Crippen LogP contribution < -0.4 is 5.32 Å². The fraction of sp³-hybridized carbons (Fsp3) is 0.519. The Morgan fingerprint density at radius 2 is 1.68 bits per heavy atom. The van der Waals surface area contributed by atoms with Gasteiger partial charge in [0, 0.05) is 16.5 Å². The smallest absolute Gasteiger partial charge is 0.227 e. The highest BCUT2D eigenvalue weighted by atomic mass is 32.2. The Morgan fingerprint density at radius 3 is 2.45 bits per heavy atom. The van der Waals surface area contributed by atoms with E-state index in [9.17, 15) is 4.79 Å². The Morgan fingerprint density at radius 1 is 0.903 bits per heavy atom. The molecule has 0 aromatic heterocycles. The van der Waals surface area contributed by atoms with Gasteiger partial charge in [0.15, 0.2) is 0 Å². The van der Waals surface area contributed by atoms with Crippen LogP contribution in [0.25, 0.3) is 0 Å². The third-order valence-electron chi connectivity index (χ3n) is 6.54. The lowest BCUT2D eigenvalue weighted by Gasteiger charge is -2.32. The van der Waals surface area contributed by atoms with E-state index in [-0.39, 0.29) is 11.8 Å². The number of amides is 1. The topological polar surface area (TPSA) is 32.3 Å². The zero-order chi connectivity index (χ0) is 21.3. The summed E-state index contributed by atoms with van der Waals surface area (Å²) in [5.41, 5.74) is 2.37. The third-order valence-corrected chi connectivity index (χ3v) is 7.64. The number of thioether (sulfide) groups is 1. The first-order chi connectivity index (χ1) is 15.3. The number of nitrogens with one attached hydrogen (secondary N) is 1.